The molecule has 0 unspecified atom stereocenters. The minimum absolute atomic E-state index is 0.225. The summed E-state index contributed by atoms with van der Waals surface area (Å²) in [5.41, 5.74) is 3.07. The maximum Gasteiger partial charge on any atom is 0.0914 e. The van der Waals surface area contributed by atoms with E-state index in [2.05, 4.69) is 48.2 Å². The van der Waals surface area contributed by atoms with E-state index in [1.54, 1.807) is 0 Å². The molecule has 2 atom stereocenters. The molecular formula is C15H22N2O. The zero-order valence-corrected chi connectivity index (χ0v) is 11.3. The van der Waals surface area contributed by atoms with E-state index in [1.807, 2.05) is 0 Å². The van der Waals surface area contributed by atoms with Crippen molar-refractivity contribution in [2.45, 2.75) is 30.8 Å². The lowest BCUT2D eigenvalue weighted by Gasteiger charge is -2.35. The Morgan fingerprint density at radius 1 is 1.33 bits per heavy atom. The van der Waals surface area contributed by atoms with Gasteiger partial charge in [0.15, 0.2) is 0 Å². The van der Waals surface area contributed by atoms with Crippen molar-refractivity contribution in [1.29, 1.82) is 0 Å². The molecule has 18 heavy (non-hydrogen) atoms. The number of likely N-dealkylation sites (N-methyl/N-ethyl adjacent to an activating group) is 2. The number of nitrogens with zero attached hydrogens (tertiary/aromatic N) is 2. The zero-order chi connectivity index (χ0) is 12.8. The van der Waals surface area contributed by atoms with Gasteiger partial charge in [0.05, 0.1) is 6.17 Å². The second kappa shape index (κ2) is 4.25. The van der Waals surface area contributed by atoms with E-state index in [0.29, 0.717) is 12.8 Å². The van der Waals surface area contributed by atoms with Crippen LogP contribution in [0.4, 0.5) is 5.69 Å². The summed E-state index contributed by atoms with van der Waals surface area (Å²) in [5.74, 6) is 0. The number of aliphatic hydroxyl groups is 1. The van der Waals surface area contributed by atoms with Crippen LogP contribution in [0.3, 0.4) is 0 Å². The summed E-state index contributed by atoms with van der Waals surface area (Å²) < 4.78 is 0. The number of benzene rings is 1. The van der Waals surface area contributed by atoms with Crippen LogP contribution >= 0.6 is 0 Å². The third-order valence-corrected chi connectivity index (χ3v) is 4.79. The average molecular weight is 246 g/mol. The maximum atomic E-state index is 9.20. The smallest absolute Gasteiger partial charge is 0.0914 e. The third-order valence-electron chi connectivity index (χ3n) is 4.79. The molecule has 3 nitrogen and oxygen atoms in total. The standard InChI is InChI=1S/C15H22N2O/c1-16-10-9-15(8-5-11-18)12-6-3-4-7-13(12)17(2)14(15)16/h3-4,6-7,14,18H,5,8-11H2,1-2H3/t14-,15+/m1/s1. The van der Waals surface area contributed by atoms with Gasteiger partial charge in [0.2, 0.25) is 0 Å². The van der Waals surface area contributed by atoms with Crippen LogP contribution in [-0.2, 0) is 5.41 Å². The van der Waals surface area contributed by atoms with Gasteiger partial charge in [-0.3, -0.25) is 4.90 Å². The van der Waals surface area contributed by atoms with Crippen molar-refractivity contribution in [2.75, 3.05) is 32.1 Å². The largest absolute Gasteiger partial charge is 0.396 e. The molecule has 2 heterocycles. The summed E-state index contributed by atoms with van der Waals surface area (Å²) in [7, 11) is 4.42. The van der Waals surface area contributed by atoms with Crippen LogP contribution in [0, 0.1) is 0 Å². The fourth-order valence-electron chi connectivity index (χ4n) is 4.11. The van der Waals surface area contributed by atoms with Crippen molar-refractivity contribution in [3.8, 4) is 0 Å². The highest BCUT2D eigenvalue weighted by Gasteiger charge is 2.54. The minimum atomic E-state index is 0.225. The van der Waals surface area contributed by atoms with E-state index in [0.717, 1.165) is 19.4 Å². The first kappa shape index (κ1) is 12.0. The van der Waals surface area contributed by atoms with Crippen LogP contribution in [0.2, 0.25) is 0 Å². The predicted molar refractivity (Wildman–Crippen MR) is 73.9 cm³/mol. The molecule has 1 N–H and O–H groups in total. The van der Waals surface area contributed by atoms with E-state index < -0.39 is 0 Å². The average Bonchev–Trinajstić information content (AvgIpc) is 2.85. The summed E-state index contributed by atoms with van der Waals surface area (Å²) >= 11 is 0. The monoisotopic (exact) mass is 246 g/mol. The van der Waals surface area contributed by atoms with Crippen LogP contribution in [0.15, 0.2) is 24.3 Å². The van der Waals surface area contributed by atoms with Gasteiger partial charge in [-0.25, -0.2) is 0 Å². The zero-order valence-electron chi connectivity index (χ0n) is 11.3. The van der Waals surface area contributed by atoms with Crippen LogP contribution in [-0.4, -0.2) is 43.4 Å². The number of rotatable bonds is 3. The lowest BCUT2D eigenvalue weighted by Crippen LogP contribution is -2.46. The van der Waals surface area contributed by atoms with Crippen LogP contribution < -0.4 is 4.90 Å². The number of anilines is 1. The highest BCUT2D eigenvalue weighted by Crippen LogP contribution is 2.53. The van der Waals surface area contributed by atoms with Crippen LogP contribution in [0.25, 0.3) is 0 Å². The Hall–Kier alpha value is -1.06. The molecule has 98 valence electrons. The summed E-state index contributed by atoms with van der Waals surface area (Å²) in [6.45, 7) is 1.44. The summed E-state index contributed by atoms with van der Waals surface area (Å²) in [5, 5.41) is 9.20. The van der Waals surface area contributed by atoms with E-state index in [4.69, 9.17) is 0 Å². The lowest BCUT2D eigenvalue weighted by atomic mass is 9.75. The molecule has 2 aliphatic heterocycles. The first-order valence-electron chi connectivity index (χ1n) is 6.84. The van der Waals surface area contributed by atoms with Gasteiger partial charge in [0.1, 0.15) is 0 Å². The molecule has 3 rings (SSSR count). The van der Waals surface area contributed by atoms with Gasteiger partial charge in [-0.2, -0.15) is 0 Å². The van der Waals surface area contributed by atoms with Gasteiger partial charge in [-0.1, -0.05) is 18.2 Å². The van der Waals surface area contributed by atoms with Gasteiger partial charge < -0.3 is 10.0 Å². The summed E-state index contributed by atoms with van der Waals surface area (Å²) in [4.78, 5) is 4.87. The Morgan fingerprint density at radius 3 is 2.89 bits per heavy atom. The van der Waals surface area contributed by atoms with Crippen LogP contribution in [0.1, 0.15) is 24.8 Å². The topological polar surface area (TPSA) is 26.7 Å². The van der Waals surface area contributed by atoms with Crippen molar-refractivity contribution >= 4 is 5.69 Å². The molecule has 1 aromatic rings. The molecule has 0 amide bonds. The van der Waals surface area contributed by atoms with Gasteiger partial charge in [-0.05, 0) is 37.9 Å². The van der Waals surface area contributed by atoms with Crippen molar-refractivity contribution in [3.63, 3.8) is 0 Å². The Labute approximate surface area is 109 Å². The van der Waals surface area contributed by atoms with Gasteiger partial charge in [0.25, 0.3) is 0 Å². The Kier molecular flexibility index (Phi) is 2.83. The molecule has 1 saturated heterocycles. The molecule has 0 bridgehead atoms. The first-order valence-corrected chi connectivity index (χ1v) is 6.84. The summed E-state index contributed by atoms with van der Waals surface area (Å²) in [6.07, 6.45) is 3.64. The van der Waals surface area contributed by atoms with Gasteiger partial charge >= 0.3 is 0 Å². The van der Waals surface area contributed by atoms with Crippen molar-refractivity contribution < 1.29 is 5.11 Å². The molecule has 0 aliphatic carbocycles. The molecule has 3 heteroatoms. The molecule has 1 aromatic carbocycles. The summed E-state index contributed by atoms with van der Waals surface area (Å²) in [6, 6.07) is 8.77. The molecular weight excluding hydrogens is 224 g/mol. The number of aliphatic hydroxyl groups excluding tert-OH is 1. The number of para-hydroxylation sites is 1. The van der Waals surface area contributed by atoms with E-state index in [9.17, 15) is 5.11 Å². The number of hydrogen-bond donors (Lipinski definition) is 1. The van der Waals surface area contributed by atoms with E-state index in [-0.39, 0.29) is 5.41 Å². The quantitative estimate of drug-likeness (QED) is 0.881. The Balaban J connectivity index is 2.07. The van der Waals surface area contributed by atoms with E-state index in [1.165, 1.54) is 17.7 Å². The molecule has 0 saturated carbocycles. The normalized spacial score (nSPS) is 30.6. The molecule has 0 aromatic heterocycles. The highest BCUT2D eigenvalue weighted by molar-refractivity contribution is 5.64. The highest BCUT2D eigenvalue weighted by atomic mass is 16.2. The van der Waals surface area contributed by atoms with Crippen LogP contribution in [0.5, 0.6) is 0 Å². The fourth-order valence-corrected chi connectivity index (χ4v) is 4.11. The third kappa shape index (κ3) is 1.44. The van der Waals surface area contributed by atoms with Crippen molar-refractivity contribution in [1.82, 2.24) is 4.90 Å². The SMILES string of the molecule is CN1CC[C@@]2(CCCO)c3ccccc3N(C)[C@@H]12. The minimum Gasteiger partial charge on any atom is -0.396 e. The molecule has 0 spiro atoms. The lowest BCUT2D eigenvalue weighted by molar-refractivity contribution is 0.220. The predicted octanol–water partition coefficient (Wildman–Crippen LogP) is 1.81. The second-order valence-electron chi connectivity index (χ2n) is 5.72. The number of hydrogen-bond acceptors (Lipinski definition) is 3. The first-order chi connectivity index (χ1) is 8.70. The fraction of sp³-hybridized carbons (Fsp3) is 0.600. The number of fused-ring (bicyclic) bond motifs is 3. The molecule has 1 fully saturated rings. The van der Waals surface area contributed by atoms with Crippen molar-refractivity contribution in [3.05, 3.63) is 29.8 Å². The van der Waals surface area contributed by atoms with Crippen molar-refractivity contribution in [2.24, 2.45) is 0 Å². The second-order valence-corrected chi connectivity index (χ2v) is 5.72. The Bertz CT molecular complexity index is 448. The molecule has 0 radical (unpaired) electrons. The molecule has 2 aliphatic rings. The van der Waals surface area contributed by atoms with Gasteiger partial charge in [-0.15, -0.1) is 0 Å². The Morgan fingerprint density at radius 2 is 2.11 bits per heavy atom. The maximum absolute atomic E-state index is 9.20. The van der Waals surface area contributed by atoms with E-state index >= 15 is 0 Å². The number of likely N-dealkylation sites (tertiary alicyclic amines) is 1. The van der Waals surface area contributed by atoms with Gasteiger partial charge in [0, 0.05) is 31.3 Å².